The first-order valence-electron chi connectivity index (χ1n) is 6.07. The van der Waals surface area contributed by atoms with Gasteiger partial charge in [0, 0.05) is 25.1 Å². The lowest BCUT2D eigenvalue weighted by Gasteiger charge is -2.19. The van der Waals surface area contributed by atoms with Gasteiger partial charge >= 0.3 is 0 Å². The van der Waals surface area contributed by atoms with Crippen molar-refractivity contribution >= 4 is 17.6 Å². The third-order valence-electron chi connectivity index (χ3n) is 3.98. The summed E-state index contributed by atoms with van der Waals surface area (Å²) in [6.45, 7) is 1.98. The number of hydrogen-bond donors (Lipinski definition) is 1. The SMILES string of the molecule is CSc1cc(N2CC3CCC(O)C3C2)ncn1. The summed E-state index contributed by atoms with van der Waals surface area (Å²) in [7, 11) is 0. The quantitative estimate of drug-likeness (QED) is 0.636. The van der Waals surface area contributed by atoms with Gasteiger partial charge in [0.25, 0.3) is 0 Å². The number of aliphatic hydroxyl groups excluding tert-OH is 1. The van der Waals surface area contributed by atoms with Gasteiger partial charge in [0.15, 0.2) is 0 Å². The van der Waals surface area contributed by atoms with Crippen LogP contribution in [0.5, 0.6) is 0 Å². The van der Waals surface area contributed by atoms with Crippen LogP contribution in [0.15, 0.2) is 17.4 Å². The number of thioether (sulfide) groups is 1. The molecule has 4 nitrogen and oxygen atoms in total. The molecule has 3 rings (SSSR count). The lowest BCUT2D eigenvalue weighted by atomic mass is 10.00. The van der Waals surface area contributed by atoms with Gasteiger partial charge in [0.05, 0.1) is 6.10 Å². The zero-order chi connectivity index (χ0) is 11.8. The van der Waals surface area contributed by atoms with Crippen LogP contribution in [0.25, 0.3) is 0 Å². The van der Waals surface area contributed by atoms with Crippen molar-refractivity contribution in [2.45, 2.75) is 24.0 Å². The molecule has 0 amide bonds. The highest BCUT2D eigenvalue weighted by atomic mass is 32.2. The standard InChI is InChI=1S/C12H17N3OS/c1-17-12-4-11(13-7-14-12)15-5-8-2-3-10(16)9(8)6-15/h4,7-10,16H,2-3,5-6H2,1H3. The Morgan fingerprint density at radius 1 is 1.35 bits per heavy atom. The van der Waals surface area contributed by atoms with E-state index in [-0.39, 0.29) is 6.10 Å². The average molecular weight is 251 g/mol. The second-order valence-electron chi connectivity index (χ2n) is 4.89. The maximum Gasteiger partial charge on any atom is 0.133 e. The molecule has 1 aliphatic carbocycles. The molecule has 1 aromatic rings. The molecule has 0 aromatic carbocycles. The van der Waals surface area contributed by atoms with Crippen LogP contribution in [-0.2, 0) is 0 Å². The number of nitrogens with zero attached hydrogens (tertiary/aromatic N) is 3. The molecule has 1 aliphatic heterocycles. The van der Waals surface area contributed by atoms with Crippen LogP contribution in [0.4, 0.5) is 5.82 Å². The number of aromatic nitrogens is 2. The number of rotatable bonds is 2. The van der Waals surface area contributed by atoms with Gasteiger partial charge in [-0.15, -0.1) is 11.8 Å². The summed E-state index contributed by atoms with van der Waals surface area (Å²) in [6.07, 6.45) is 5.68. The van der Waals surface area contributed by atoms with E-state index in [0.717, 1.165) is 36.8 Å². The van der Waals surface area contributed by atoms with Gasteiger partial charge in [0.2, 0.25) is 0 Å². The lowest BCUT2D eigenvalue weighted by Crippen LogP contribution is -2.25. The first-order valence-corrected chi connectivity index (χ1v) is 7.29. The van der Waals surface area contributed by atoms with Crippen molar-refractivity contribution in [2.75, 3.05) is 24.2 Å². The Morgan fingerprint density at radius 2 is 2.24 bits per heavy atom. The Balaban J connectivity index is 1.78. The Hall–Kier alpha value is -0.810. The Morgan fingerprint density at radius 3 is 3.00 bits per heavy atom. The number of hydrogen-bond acceptors (Lipinski definition) is 5. The highest BCUT2D eigenvalue weighted by molar-refractivity contribution is 7.98. The summed E-state index contributed by atoms with van der Waals surface area (Å²) in [5.74, 6) is 2.10. The van der Waals surface area contributed by atoms with E-state index in [4.69, 9.17) is 0 Å². The van der Waals surface area contributed by atoms with E-state index < -0.39 is 0 Å². The maximum absolute atomic E-state index is 9.90. The number of anilines is 1. The molecule has 2 fully saturated rings. The molecule has 1 aromatic heterocycles. The third-order valence-corrected chi connectivity index (χ3v) is 4.62. The summed E-state index contributed by atoms with van der Waals surface area (Å²) >= 11 is 1.64. The summed E-state index contributed by atoms with van der Waals surface area (Å²) in [6, 6.07) is 2.04. The summed E-state index contributed by atoms with van der Waals surface area (Å²) in [5.41, 5.74) is 0. The summed E-state index contributed by atoms with van der Waals surface area (Å²) in [5, 5.41) is 10.9. The molecule has 17 heavy (non-hydrogen) atoms. The van der Waals surface area contributed by atoms with Crippen LogP contribution in [0, 0.1) is 11.8 Å². The van der Waals surface area contributed by atoms with E-state index >= 15 is 0 Å². The molecule has 1 N–H and O–H groups in total. The van der Waals surface area contributed by atoms with E-state index in [2.05, 4.69) is 14.9 Å². The minimum atomic E-state index is -0.105. The molecule has 0 radical (unpaired) electrons. The van der Waals surface area contributed by atoms with Crippen molar-refractivity contribution in [3.05, 3.63) is 12.4 Å². The first-order chi connectivity index (χ1) is 8.28. The molecule has 92 valence electrons. The molecular weight excluding hydrogens is 234 g/mol. The van der Waals surface area contributed by atoms with Gasteiger partial charge in [-0.3, -0.25) is 0 Å². The minimum Gasteiger partial charge on any atom is -0.393 e. The topological polar surface area (TPSA) is 49.2 Å². The van der Waals surface area contributed by atoms with Crippen molar-refractivity contribution in [2.24, 2.45) is 11.8 Å². The smallest absolute Gasteiger partial charge is 0.133 e. The lowest BCUT2D eigenvalue weighted by molar-refractivity contribution is 0.133. The molecule has 2 aliphatic rings. The fraction of sp³-hybridized carbons (Fsp3) is 0.667. The van der Waals surface area contributed by atoms with E-state index in [0.29, 0.717) is 11.8 Å². The fourth-order valence-corrected chi connectivity index (χ4v) is 3.41. The molecule has 3 atom stereocenters. The maximum atomic E-state index is 9.90. The molecule has 0 spiro atoms. The minimum absolute atomic E-state index is 0.105. The fourth-order valence-electron chi connectivity index (χ4n) is 3.04. The molecule has 0 bridgehead atoms. The van der Waals surface area contributed by atoms with Gasteiger partial charge < -0.3 is 10.0 Å². The zero-order valence-corrected chi connectivity index (χ0v) is 10.7. The molecule has 3 unspecified atom stereocenters. The van der Waals surface area contributed by atoms with Crippen LogP contribution < -0.4 is 4.90 Å². The largest absolute Gasteiger partial charge is 0.393 e. The Kier molecular flexibility index (Phi) is 2.96. The van der Waals surface area contributed by atoms with Gasteiger partial charge in [0.1, 0.15) is 17.2 Å². The number of fused-ring (bicyclic) bond motifs is 1. The molecule has 2 heterocycles. The van der Waals surface area contributed by atoms with Crippen molar-refractivity contribution in [3.63, 3.8) is 0 Å². The van der Waals surface area contributed by atoms with Crippen molar-refractivity contribution in [1.29, 1.82) is 0 Å². The van der Waals surface area contributed by atoms with Gasteiger partial charge in [-0.2, -0.15) is 0 Å². The average Bonchev–Trinajstić information content (AvgIpc) is 2.92. The zero-order valence-electron chi connectivity index (χ0n) is 9.91. The number of aliphatic hydroxyl groups is 1. The Labute approximate surface area is 105 Å². The molecule has 1 saturated heterocycles. The van der Waals surface area contributed by atoms with Crippen LogP contribution in [0.3, 0.4) is 0 Å². The van der Waals surface area contributed by atoms with E-state index in [1.165, 1.54) is 0 Å². The van der Waals surface area contributed by atoms with Gasteiger partial charge in [-0.1, -0.05) is 0 Å². The van der Waals surface area contributed by atoms with E-state index in [1.807, 2.05) is 12.3 Å². The van der Waals surface area contributed by atoms with Crippen molar-refractivity contribution in [1.82, 2.24) is 9.97 Å². The molecule has 5 heteroatoms. The highest BCUT2D eigenvalue weighted by Crippen LogP contribution is 2.39. The second kappa shape index (κ2) is 4.46. The van der Waals surface area contributed by atoms with E-state index in [1.54, 1.807) is 18.1 Å². The van der Waals surface area contributed by atoms with Crippen LogP contribution in [-0.4, -0.2) is 40.5 Å². The van der Waals surface area contributed by atoms with E-state index in [9.17, 15) is 5.11 Å². The van der Waals surface area contributed by atoms with Crippen molar-refractivity contribution < 1.29 is 5.11 Å². The normalized spacial score (nSPS) is 31.9. The van der Waals surface area contributed by atoms with Gasteiger partial charge in [-0.25, -0.2) is 9.97 Å². The monoisotopic (exact) mass is 251 g/mol. The van der Waals surface area contributed by atoms with Crippen LogP contribution >= 0.6 is 11.8 Å². The second-order valence-corrected chi connectivity index (χ2v) is 5.72. The molecular formula is C12H17N3OS. The Bertz CT molecular complexity index is 414. The van der Waals surface area contributed by atoms with Crippen LogP contribution in [0.1, 0.15) is 12.8 Å². The summed E-state index contributed by atoms with van der Waals surface area (Å²) < 4.78 is 0. The van der Waals surface area contributed by atoms with Gasteiger partial charge in [-0.05, 0) is 25.0 Å². The van der Waals surface area contributed by atoms with Crippen LogP contribution in [0.2, 0.25) is 0 Å². The summed E-state index contributed by atoms with van der Waals surface area (Å²) in [4.78, 5) is 10.8. The third kappa shape index (κ3) is 2.02. The van der Waals surface area contributed by atoms with Crippen molar-refractivity contribution in [3.8, 4) is 0 Å². The highest BCUT2D eigenvalue weighted by Gasteiger charge is 2.42. The predicted octanol–water partition coefficient (Wildman–Crippen LogP) is 1.41. The first kappa shape index (κ1) is 11.3. The molecule has 1 saturated carbocycles. The predicted molar refractivity (Wildman–Crippen MR) is 68.2 cm³/mol.